The van der Waals surface area contributed by atoms with Gasteiger partial charge in [-0.3, -0.25) is 0 Å². The zero-order valence-electron chi connectivity index (χ0n) is 8.66. The molecule has 1 aliphatic rings. The first-order valence-corrected chi connectivity index (χ1v) is 5.34. The van der Waals surface area contributed by atoms with Crippen molar-refractivity contribution in [3.8, 4) is 0 Å². The average molecular weight is 209 g/mol. The first-order chi connectivity index (χ1) is 7.31. The van der Waals surface area contributed by atoms with Crippen molar-refractivity contribution in [2.75, 3.05) is 19.8 Å². The van der Waals surface area contributed by atoms with Gasteiger partial charge in [-0.2, -0.15) is 0 Å². The Labute approximate surface area is 89.2 Å². The smallest absolute Gasteiger partial charge is 0.123 e. The number of ether oxygens (including phenoxy) is 1. The molecule has 1 heterocycles. The van der Waals surface area contributed by atoms with Crippen molar-refractivity contribution in [3.05, 3.63) is 35.6 Å². The van der Waals surface area contributed by atoms with Crippen molar-refractivity contribution in [1.29, 1.82) is 0 Å². The number of halogens is 1. The average Bonchev–Trinajstić information content (AvgIpc) is 2.29. The summed E-state index contributed by atoms with van der Waals surface area (Å²) in [6.07, 6.45) is 0.970. The molecule has 1 aromatic rings. The van der Waals surface area contributed by atoms with Crippen LogP contribution in [0.5, 0.6) is 0 Å². The van der Waals surface area contributed by atoms with E-state index in [0.29, 0.717) is 19.1 Å². The first kappa shape index (κ1) is 10.6. The van der Waals surface area contributed by atoms with Crippen LogP contribution in [0.1, 0.15) is 17.9 Å². The summed E-state index contributed by atoms with van der Waals surface area (Å²) in [4.78, 5) is 0. The Hall–Kier alpha value is -0.930. The number of hydrogen-bond donors (Lipinski definition) is 1. The standard InChI is InChI=1S/C12H16FNO/c13-11-3-1-2-9(6-11)12-8-15-5-4-10(12)7-14/h1-3,6,10,12H,4-5,7-8,14H2. The lowest BCUT2D eigenvalue weighted by Gasteiger charge is -2.31. The maximum atomic E-state index is 13.1. The van der Waals surface area contributed by atoms with Crippen LogP contribution < -0.4 is 5.73 Å². The van der Waals surface area contributed by atoms with Gasteiger partial charge in [0.05, 0.1) is 6.61 Å². The lowest BCUT2D eigenvalue weighted by Crippen LogP contribution is -2.31. The third-order valence-electron chi connectivity index (χ3n) is 3.08. The van der Waals surface area contributed by atoms with E-state index in [0.717, 1.165) is 18.6 Å². The summed E-state index contributed by atoms with van der Waals surface area (Å²) >= 11 is 0. The summed E-state index contributed by atoms with van der Waals surface area (Å²) in [7, 11) is 0. The Balaban J connectivity index is 2.20. The fraction of sp³-hybridized carbons (Fsp3) is 0.500. The van der Waals surface area contributed by atoms with Crippen molar-refractivity contribution < 1.29 is 9.13 Å². The second-order valence-corrected chi connectivity index (χ2v) is 4.02. The van der Waals surface area contributed by atoms with E-state index >= 15 is 0 Å². The number of rotatable bonds is 2. The first-order valence-electron chi connectivity index (χ1n) is 5.34. The van der Waals surface area contributed by atoms with E-state index in [-0.39, 0.29) is 11.7 Å². The Morgan fingerprint density at radius 3 is 3.07 bits per heavy atom. The predicted molar refractivity (Wildman–Crippen MR) is 57.1 cm³/mol. The molecule has 2 atom stereocenters. The van der Waals surface area contributed by atoms with Crippen LogP contribution in [0.15, 0.2) is 24.3 Å². The van der Waals surface area contributed by atoms with Gasteiger partial charge in [0.15, 0.2) is 0 Å². The predicted octanol–water partition coefficient (Wildman–Crippen LogP) is 1.90. The second-order valence-electron chi connectivity index (χ2n) is 4.02. The van der Waals surface area contributed by atoms with Crippen molar-refractivity contribution in [1.82, 2.24) is 0 Å². The highest BCUT2D eigenvalue weighted by atomic mass is 19.1. The monoisotopic (exact) mass is 209 g/mol. The van der Waals surface area contributed by atoms with Gasteiger partial charge < -0.3 is 10.5 Å². The molecule has 15 heavy (non-hydrogen) atoms. The highest BCUT2D eigenvalue weighted by Crippen LogP contribution is 2.30. The molecule has 0 aromatic heterocycles. The van der Waals surface area contributed by atoms with Crippen molar-refractivity contribution in [2.24, 2.45) is 11.7 Å². The third-order valence-corrected chi connectivity index (χ3v) is 3.08. The van der Waals surface area contributed by atoms with Gasteiger partial charge in [-0.05, 0) is 36.6 Å². The SMILES string of the molecule is NCC1CCOCC1c1cccc(F)c1. The Kier molecular flexibility index (Phi) is 3.34. The van der Waals surface area contributed by atoms with Gasteiger partial charge >= 0.3 is 0 Å². The summed E-state index contributed by atoms with van der Waals surface area (Å²) in [5, 5.41) is 0. The maximum Gasteiger partial charge on any atom is 0.123 e. The number of nitrogens with two attached hydrogens (primary N) is 1. The molecule has 0 aliphatic carbocycles. The van der Waals surface area contributed by atoms with E-state index in [1.165, 1.54) is 6.07 Å². The molecular formula is C12H16FNO. The van der Waals surface area contributed by atoms with Crippen LogP contribution in [0.25, 0.3) is 0 Å². The van der Waals surface area contributed by atoms with Crippen LogP contribution in [-0.2, 0) is 4.74 Å². The normalized spacial score (nSPS) is 26.5. The van der Waals surface area contributed by atoms with Crippen molar-refractivity contribution in [3.63, 3.8) is 0 Å². The van der Waals surface area contributed by atoms with Gasteiger partial charge in [-0.25, -0.2) is 4.39 Å². The highest BCUT2D eigenvalue weighted by Gasteiger charge is 2.26. The van der Waals surface area contributed by atoms with E-state index in [1.807, 2.05) is 6.07 Å². The fourth-order valence-corrected chi connectivity index (χ4v) is 2.17. The van der Waals surface area contributed by atoms with Gasteiger partial charge in [-0.15, -0.1) is 0 Å². The lowest BCUT2D eigenvalue weighted by molar-refractivity contribution is 0.0493. The van der Waals surface area contributed by atoms with Crippen LogP contribution >= 0.6 is 0 Å². The molecule has 2 nitrogen and oxygen atoms in total. The van der Waals surface area contributed by atoms with Crippen LogP contribution in [0, 0.1) is 11.7 Å². The summed E-state index contributed by atoms with van der Waals surface area (Å²) in [5.41, 5.74) is 6.72. The molecule has 0 bridgehead atoms. The maximum absolute atomic E-state index is 13.1. The molecule has 0 radical (unpaired) electrons. The van der Waals surface area contributed by atoms with Crippen LogP contribution in [-0.4, -0.2) is 19.8 Å². The lowest BCUT2D eigenvalue weighted by atomic mass is 9.83. The minimum Gasteiger partial charge on any atom is -0.381 e. The van der Waals surface area contributed by atoms with Gasteiger partial charge in [-0.1, -0.05) is 12.1 Å². The summed E-state index contributed by atoms with van der Waals surface area (Å²) in [6.45, 7) is 2.07. The molecule has 2 N–H and O–H groups in total. The molecule has 1 aromatic carbocycles. The van der Waals surface area contributed by atoms with Crippen LogP contribution in [0.2, 0.25) is 0 Å². The molecule has 3 heteroatoms. The number of hydrogen-bond acceptors (Lipinski definition) is 2. The molecule has 1 fully saturated rings. The van der Waals surface area contributed by atoms with Crippen LogP contribution in [0.4, 0.5) is 4.39 Å². The molecular weight excluding hydrogens is 193 g/mol. The molecule has 2 unspecified atom stereocenters. The Morgan fingerprint density at radius 1 is 1.47 bits per heavy atom. The second kappa shape index (κ2) is 4.73. The largest absolute Gasteiger partial charge is 0.381 e. The Morgan fingerprint density at radius 2 is 2.33 bits per heavy atom. The van der Waals surface area contributed by atoms with Gasteiger partial charge in [0.25, 0.3) is 0 Å². The Bertz CT molecular complexity index is 329. The van der Waals surface area contributed by atoms with Gasteiger partial charge in [0.2, 0.25) is 0 Å². The van der Waals surface area contributed by atoms with E-state index in [4.69, 9.17) is 10.5 Å². The topological polar surface area (TPSA) is 35.2 Å². The molecule has 0 spiro atoms. The number of benzene rings is 1. The minimum atomic E-state index is -0.186. The fourth-order valence-electron chi connectivity index (χ4n) is 2.17. The van der Waals surface area contributed by atoms with Crippen molar-refractivity contribution >= 4 is 0 Å². The molecule has 1 aliphatic heterocycles. The molecule has 2 rings (SSSR count). The molecule has 0 amide bonds. The van der Waals surface area contributed by atoms with E-state index in [2.05, 4.69) is 0 Å². The summed E-state index contributed by atoms with van der Waals surface area (Å²) in [5.74, 6) is 0.480. The van der Waals surface area contributed by atoms with Crippen LogP contribution in [0.3, 0.4) is 0 Å². The molecule has 1 saturated heterocycles. The zero-order chi connectivity index (χ0) is 10.7. The van der Waals surface area contributed by atoms with E-state index in [1.54, 1.807) is 12.1 Å². The summed E-state index contributed by atoms with van der Waals surface area (Å²) < 4.78 is 18.5. The third kappa shape index (κ3) is 2.36. The van der Waals surface area contributed by atoms with E-state index < -0.39 is 0 Å². The molecule has 82 valence electrons. The molecule has 0 saturated carbocycles. The quantitative estimate of drug-likeness (QED) is 0.807. The van der Waals surface area contributed by atoms with E-state index in [9.17, 15) is 4.39 Å². The van der Waals surface area contributed by atoms with Crippen molar-refractivity contribution in [2.45, 2.75) is 12.3 Å². The summed E-state index contributed by atoms with van der Waals surface area (Å²) in [6, 6.07) is 6.74. The van der Waals surface area contributed by atoms with Gasteiger partial charge in [0.1, 0.15) is 5.82 Å². The highest BCUT2D eigenvalue weighted by molar-refractivity contribution is 5.22. The minimum absolute atomic E-state index is 0.186. The van der Waals surface area contributed by atoms with Gasteiger partial charge in [0, 0.05) is 12.5 Å². The zero-order valence-corrected chi connectivity index (χ0v) is 8.66.